The summed E-state index contributed by atoms with van der Waals surface area (Å²) in [6, 6.07) is 10.4. The fourth-order valence-corrected chi connectivity index (χ4v) is 3.81. The molecule has 0 saturated carbocycles. The van der Waals surface area contributed by atoms with Gasteiger partial charge in [-0.3, -0.25) is 4.79 Å². The maximum Gasteiger partial charge on any atom is 0.342 e. The lowest BCUT2D eigenvalue weighted by atomic mass is 9.73. The molecule has 1 aromatic carbocycles. The smallest absolute Gasteiger partial charge is 0.342 e. The second kappa shape index (κ2) is 9.70. The Kier molecular flexibility index (Phi) is 6.96. The summed E-state index contributed by atoms with van der Waals surface area (Å²) < 4.78 is 22.3. The van der Waals surface area contributed by atoms with Gasteiger partial charge in [0.15, 0.2) is 0 Å². The number of hydrogen-bond acceptors (Lipinski definition) is 9. The molecule has 0 amide bonds. The monoisotopic (exact) mass is 467 g/mol. The van der Waals surface area contributed by atoms with Crippen LogP contribution in [0.25, 0.3) is 0 Å². The highest BCUT2D eigenvalue weighted by molar-refractivity contribution is 6.05. The number of carbonyl (C=O) groups excluding carboxylic acids is 2. The summed E-state index contributed by atoms with van der Waals surface area (Å²) in [6.07, 6.45) is 0. The Balaban J connectivity index is 2.28. The highest BCUT2D eigenvalue weighted by Gasteiger charge is 2.57. The molecule has 1 atom stereocenters. The third-order valence-corrected chi connectivity index (χ3v) is 5.42. The molecule has 0 bridgehead atoms. The van der Waals surface area contributed by atoms with Gasteiger partial charge in [0.1, 0.15) is 17.1 Å². The molecule has 0 spiro atoms. The van der Waals surface area contributed by atoms with Gasteiger partial charge in [0.25, 0.3) is 5.56 Å². The molecule has 178 valence electrons. The van der Waals surface area contributed by atoms with Gasteiger partial charge in [-0.05, 0) is 38.5 Å². The van der Waals surface area contributed by atoms with Crippen LogP contribution in [0.4, 0.5) is 0 Å². The molecule has 2 aromatic rings. The summed E-state index contributed by atoms with van der Waals surface area (Å²) in [5, 5.41) is 10.3. The lowest BCUT2D eigenvalue weighted by Gasteiger charge is -2.32. The number of pyridine rings is 1. The number of fused-ring (bicyclic) bond motifs is 1. The van der Waals surface area contributed by atoms with E-state index in [1.54, 1.807) is 45.2 Å². The van der Waals surface area contributed by atoms with Gasteiger partial charge in [-0.1, -0.05) is 12.1 Å². The van der Waals surface area contributed by atoms with Crippen molar-refractivity contribution in [1.29, 1.82) is 5.26 Å². The highest BCUT2D eigenvalue weighted by atomic mass is 16.5. The number of methoxy groups -OCH3 is 1. The number of rotatable bonds is 7. The van der Waals surface area contributed by atoms with Crippen LogP contribution in [0, 0.1) is 18.3 Å². The van der Waals surface area contributed by atoms with Gasteiger partial charge in [0, 0.05) is 11.8 Å². The first-order valence-corrected chi connectivity index (χ1v) is 10.6. The number of nitrogens with two attached hydrogens (primary N) is 1. The van der Waals surface area contributed by atoms with Gasteiger partial charge in [0.05, 0.1) is 38.5 Å². The van der Waals surface area contributed by atoms with E-state index >= 15 is 0 Å². The van der Waals surface area contributed by atoms with E-state index < -0.39 is 34.4 Å². The van der Waals surface area contributed by atoms with Gasteiger partial charge in [-0.25, -0.2) is 9.59 Å². The van der Waals surface area contributed by atoms with Crippen LogP contribution in [0.2, 0.25) is 0 Å². The number of carbonyl (C=O) groups is 2. The predicted octanol–water partition coefficient (Wildman–Crippen LogP) is 1.66. The van der Waals surface area contributed by atoms with Gasteiger partial charge >= 0.3 is 11.9 Å². The number of benzene rings is 1. The van der Waals surface area contributed by atoms with Crippen molar-refractivity contribution >= 4 is 11.9 Å². The van der Waals surface area contributed by atoms with Crippen LogP contribution >= 0.6 is 0 Å². The Labute approximate surface area is 196 Å². The summed E-state index contributed by atoms with van der Waals surface area (Å²) in [6.45, 7) is 4.74. The maximum absolute atomic E-state index is 13.8. The largest absolute Gasteiger partial charge is 0.497 e. The summed E-state index contributed by atoms with van der Waals surface area (Å²) in [4.78, 5) is 39.8. The van der Waals surface area contributed by atoms with E-state index in [0.29, 0.717) is 11.4 Å². The van der Waals surface area contributed by atoms with Crippen molar-refractivity contribution in [3.63, 3.8) is 0 Å². The fourth-order valence-electron chi connectivity index (χ4n) is 3.81. The van der Waals surface area contributed by atoms with Crippen LogP contribution in [0.5, 0.6) is 11.5 Å². The number of hydrogen-bond donors (Lipinski definition) is 1. The molecule has 2 heterocycles. The second-order valence-electron chi connectivity index (χ2n) is 7.41. The molecule has 2 N–H and O–H groups in total. The fraction of sp³-hybridized carbons (Fsp3) is 0.333. The highest BCUT2D eigenvalue weighted by Crippen LogP contribution is 2.43. The number of aryl methyl sites for hydroxylation is 1. The average Bonchev–Trinajstić information content (AvgIpc) is 2.81. The molecule has 0 fully saturated rings. The van der Waals surface area contributed by atoms with E-state index in [1.165, 1.54) is 17.6 Å². The predicted molar refractivity (Wildman–Crippen MR) is 120 cm³/mol. The molecule has 1 aliphatic heterocycles. The number of aromatic nitrogens is 1. The molecule has 1 aromatic heterocycles. The topological polar surface area (TPSA) is 143 Å². The van der Waals surface area contributed by atoms with Crippen molar-refractivity contribution in [3.05, 3.63) is 69.0 Å². The standard InChI is InChI=1S/C24H25N3O7/c1-5-32-22(29)19-20(26)34-17-11-14(3)27(12-15-7-9-16(31-4)10-8-15)21(28)18(17)24(19,13-25)23(30)33-6-2/h7-11H,5-6,12,26H2,1-4H3. The van der Waals surface area contributed by atoms with Crippen LogP contribution < -0.4 is 20.8 Å². The van der Waals surface area contributed by atoms with Crippen molar-refractivity contribution < 1.29 is 28.5 Å². The Morgan fingerprint density at radius 2 is 1.82 bits per heavy atom. The molecule has 0 aliphatic carbocycles. The summed E-state index contributed by atoms with van der Waals surface area (Å²) in [7, 11) is 1.55. The Bertz CT molecular complexity index is 1260. The Hall–Kier alpha value is -4.26. The van der Waals surface area contributed by atoms with Crippen molar-refractivity contribution in [2.45, 2.75) is 32.7 Å². The molecule has 1 aliphatic rings. The van der Waals surface area contributed by atoms with Crippen LogP contribution in [0.3, 0.4) is 0 Å². The molecule has 3 rings (SSSR count). The van der Waals surface area contributed by atoms with E-state index in [4.69, 9.17) is 24.7 Å². The van der Waals surface area contributed by atoms with Crippen LogP contribution in [0.1, 0.15) is 30.7 Å². The van der Waals surface area contributed by atoms with E-state index in [9.17, 15) is 19.6 Å². The lowest BCUT2D eigenvalue weighted by Crippen LogP contribution is -2.50. The summed E-state index contributed by atoms with van der Waals surface area (Å²) >= 11 is 0. The molecule has 10 nitrogen and oxygen atoms in total. The minimum absolute atomic E-state index is 0.0532. The van der Waals surface area contributed by atoms with Crippen molar-refractivity contribution in [3.8, 4) is 17.6 Å². The second-order valence-corrected chi connectivity index (χ2v) is 7.41. The van der Waals surface area contributed by atoms with E-state index in [2.05, 4.69) is 0 Å². The van der Waals surface area contributed by atoms with Gasteiger partial charge in [-0.15, -0.1) is 0 Å². The van der Waals surface area contributed by atoms with Crippen molar-refractivity contribution in [2.75, 3.05) is 20.3 Å². The Morgan fingerprint density at radius 3 is 2.38 bits per heavy atom. The number of ether oxygens (including phenoxy) is 4. The number of esters is 2. The molecule has 0 saturated heterocycles. The molecule has 0 radical (unpaired) electrons. The first-order valence-electron chi connectivity index (χ1n) is 10.6. The SMILES string of the molecule is CCOC(=O)C1=C(N)Oc2cc(C)n(Cc3ccc(OC)cc3)c(=O)c2C1(C#N)C(=O)OCC. The van der Waals surface area contributed by atoms with E-state index in [-0.39, 0.29) is 31.1 Å². The zero-order chi connectivity index (χ0) is 25.0. The Morgan fingerprint density at radius 1 is 1.18 bits per heavy atom. The van der Waals surface area contributed by atoms with Gasteiger partial charge < -0.3 is 29.2 Å². The normalized spacial score (nSPS) is 16.7. The van der Waals surface area contributed by atoms with Crippen LogP contribution in [-0.4, -0.2) is 36.8 Å². The molecule has 34 heavy (non-hydrogen) atoms. The zero-order valence-corrected chi connectivity index (χ0v) is 19.3. The van der Waals surface area contributed by atoms with Crippen molar-refractivity contribution in [2.24, 2.45) is 5.73 Å². The van der Waals surface area contributed by atoms with Crippen molar-refractivity contribution in [1.82, 2.24) is 4.57 Å². The van der Waals surface area contributed by atoms with E-state index in [1.807, 2.05) is 6.07 Å². The first-order chi connectivity index (χ1) is 16.2. The quantitative estimate of drug-likeness (QED) is 0.601. The first kappa shape index (κ1) is 24.4. The maximum atomic E-state index is 13.8. The number of nitrogens with zero attached hydrogens (tertiary/aromatic N) is 2. The average molecular weight is 467 g/mol. The van der Waals surface area contributed by atoms with Gasteiger partial charge in [-0.2, -0.15) is 5.26 Å². The molecule has 10 heteroatoms. The minimum atomic E-state index is -2.47. The van der Waals surface area contributed by atoms with Crippen LogP contribution in [-0.2, 0) is 31.0 Å². The summed E-state index contributed by atoms with van der Waals surface area (Å²) in [5.41, 5.74) is 3.13. The summed E-state index contributed by atoms with van der Waals surface area (Å²) in [5.74, 6) is -2.13. The lowest BCUT2D eigenvalue weighted by molar-refractivity contribution is -0.150. The third kappa shape index (κ3) is 3.96. The zero-order valence-electron chi connectivity index (χ0n) is 19.3. The molecular formula is C24H25N3O7. The van der Waals surface area contributed by atoms with E-state index in [0.717, 1.165) is 5.56 Å². The molecular weight excluding hydrogens is 442 g/mol. The van der Waals surface area contributed by atoms with Crippen LogP contribution in [0.15, 0.2) is 46.6 Å². The number of nitriles is 1. The molecule has 1 unspecified atom stereocenters. The van der Waals surface area contributed by atoms with Gasteiger partial charge in [0.2, 0.25) is 11.3 Å². The minimum Gasteiger partial charge on any atom is -0.497 e. The third-order valence-electron chi connectivity index (χ3n) is 5.42.